The summed E-state index contributed by atoms with van der Waals surface area (Å²) in [5.74, 6) is 0.911. The van der Waals surface area contributed by atoms with Crippen molar-refractivity contribution in [2.45, 2.75) is 6.92 Å². The fourth-order valence-corrected chi connectivity index (χ4v) is 3.86. The number of aliphatic imine (C=N–C) groups is 1. The minimum atomic E-state index is -0.320. The van der Waals surface area contributed by atoms with Crippen LogP contribution in [0, 0.1) is 5.82 Å². The van der Waals surface area contributed by atoms with Crippen LogP contribution in [0.15, 0.2) is 81.0 Å². The Bertz CT molecular complexity index is 1060. The van der Waals surface area contributed by atoms with Crippen LogP contribution in [0.5, 0.6) is 0 Å². The highest BCUT2D eigenvalue weighted by Crippen LogP contribution is 2.34. The highest BCUT2D eigenvalue weighted by molar-refractivity contribution is 8.18. The summed E-state index contributed by atoms with van der Waals surface area (Å²) in [4.78, 5) is 19.4. The van der Waals surface area contributed by atoms with Crippen LogP contribution in [-0.4, -0.2) is 22.5 Å². The molecule has 1 aromatic heterocycles. The van der Waals surface area contributed by atoms with E-state index in [1.165, 1.54) is 23.9 Å². The molecule has 0 atom stereocenters. The van der Waals surface area contributed by atoms with Crippen molar-refractivity contribution < 1.29 is 13.6 Å². The maximum absolute atomic E-state index is 13.1. The van der Waals surface area contributed by atoms with Crippen molar-refractivity contribution in [2.75, 3.05) is 6.54 Å². The number of likely N-dealkylation sites (N-methyl/N-ethyl adjacent to an activating group) is 1. The van der Waals surface area contributed by atoms with Gasteiger partial charge in [-0.2, -0.15) is 0 Å². The molecule has 3 aromatic rings. The topological polar surface area (TPSA) is 45.8 Å². The van der Waals surface area contributed by atoms with E-state index in [1.807, 2.05) is 49.4 Å². The molecule has 0 unspecified atom stereocenters. The smallest absolute Gasteiger partial charge is 0.266 e. The Morgan fingerprint density at radius 1 is 1.07 bits per heavy atom. The van der Waals surface area contributed by atoms with Gasteiger partial charge in [0, 0.05) is 18.2 Å². The first-order chi connectivity index (χ1) is 13.6. The number of amidine groups is 1. The van der Waals surface area contributed by atoms with E-state index in [-0.39, 0.29) is 11.7 Å². The molecular formula is C22H17FN2O2S. The maximum atomic E-state index is 13.1. The Labute approximate surface area is 166 Å². The number of nitrogens with zero attached hydrogens (tertiary/aromatic N) is 2. The zero-order valence-electron chi connectivity index (χ0n) is 15.1. The number of benzene rings is 2. The normalized spacial score (nSPS) is 17.1. The number of carbonyl (C=O) groups excluding carboxylic acids is 1. The molecule has 4 nitrogen and oxygen atoms in total. The van der Waals surface area contributed by atoms with Crippen molar-refractivity contribution in [3.63, 3.8) is 0 Å². The Morgan fingerprint density at radius 2 is 1.82 bits per heavy atom. The van der Waals surface area contributed by atoms with Crippen molar-refractivity contribution in [3.05, 3.63) is 83.2 Å². The Balaban J connectivity index is 1.61. The molecule has 4 rings (SSSR count). The minimum Gasteiger partial charge on any atom is -0.457 e. The van der Waals surface area contributed by atoms with E-state index in [2.05, 4.69) is 4.99 Å². The average Bonchev–Trinajstić information content (AvgIpc) is 3.29. The number of hydrogen-bond acceptors (Lipinski definition) is 4. The molecule has 0 radical (unpaired) electrons. The number of carbonyl (C=O) groups is 1. The molecule has 28 heavy (non-hydrogen) atoms. The molecule has 1 amide bonds. The minimum absolute atomic E-state index is 0.119. The number of halogens is 1. The molecule has 0 N–H and O–H groups in total. The van der Waals surface area contributed by atoms with Gasteiger partial charge in [0.2, 0.25) is 0 Å². The number of amides is 1. The zero-order chi connectivity index (χ0) is 19.5. The van der Waals surface area contributed by atoms with Gasteiger partial charge in [-0.3, -0.25) is 9.69 Å². The lowest BCUT2D eigenvalue weighted by molar-refractivity contribution is -0.122. The van der Waals surface area contributed by atoms with E-state index in [1.54, 1.807) is 23.1 Å². The molecule has 0 spiro atoms. The van der Waals surface area contributed by atoms with Crippen LogP contribution in [0.25, 0.3) is 17.4 Å². The first kappa shape index (κ1) is 18.3. The maximum Gasteiger partial charge on any atom is 0.266 e. The van der Waals surface area contributed by atoms with Gasteiger partial charge in [0.15, 0.2) is 5.17 Å². The van der Waals surface area contributed by atoms with Crippen LogP contribution in [0.4, 0.5) is 10.1 Å². The third kappa shape index (κ3) is 3.77. The fourth-order valence-electron chi connectivity index (χ4n) is 2.81. The SMILES string of the molecule is CCN1C(=O)/C(=C\c2ccc(-c3ccccc3)o2)SC1=Nc1ccc(F)cc1. The van der Waals surface area contributed by atoms with Gasteiger partial charge in [-0.15, -0.1) is 0 Å². The average molecular weight is 392 g/mol. The second-order valence-corrected chi connectivity index (χ2v) is 7.11. The molecule has 1 fully saturated rings. The third-order valence-corrected chi connectivity index (χ3v) is 5.22. The van der Waals surface area contributed by atoms with E-state index in [0.29, 0.717) is 28.1 Å². The lowest BCUT2D eigenvalue weighted by Crippen LogP contribution is -2.28. The van der Waals surface area contributed by atoms with Gasteiger partial charge in [-0.05, 0) is 55.1 Å². The highest BCUT2D eigenvalue weighted by atomic mass is 32.2. The second-order valence-electron chi connectivity index (χ2n) is 6.10. The first-order valence-corrected chi connectivity index (χ1v) is 9.66. The van der Waals surface area contributed by atoms with Gasteiger partial charge in [-0.1, -0.05) is 30.3 Å². The summed E-state index contributed by atoms with van der Waals surface area (Å²) in [6.07, 6.45) is 1.73. The fraction of sp³-hybridized carbons (Fsp3) is 0.0909. The van der Waals surface area contributed by atoms with E-state index >= 15 is 0 Å². The summed E-state index contributed by atoms with van der Waals surface area (Å²) in [5, 5.41) is 0.570. The molecule has 1 aliphatic heterocycles. The number of thioether (sulfide) groups is 1. The van der Waals surface area contributed by atoms with E-state index in [9.17, 15) is 9.18 Å². The van der Waals surface area contributed by atoms with Gasteiger partial charge in [0.1, 0.15) is 17.3 Å². The Hall–Kier alpha value is -3.12. The molecule has 0 bridgehead atoms. The lowest BCUT2D eigenvalue weighted by atomic mass is 10.2. The molecule has 140 valence electrons. The van der Waals surface area contributed by atoms with E-state index < -0.39 is 0 Å². The predicted molar refractivity (Wildman–Crippen MR) is 111 cm³/mol. The van der Waals surface area contributed by atoms with Gasteiger partial charge in [-0.25, -0.2) is 9.38 Å². The van der Waals surface area contributed by atoms with Gasteiger partial charge < -0.3 is 4.42 Å². The van der Waals surface area contributed by atoms with Gasteiger partial charge >= 0.3 is 0 Å². The summed E-state index contributed by atoms with van der Waals surface area (Å²) in [7, 11) is 0. The molecule has 0 saturated carbocycles. The van der Waals surface area contributed by atoms with Crippen LogP contribution >= 0.6 is 11.8 Å². The van der Waals surface area contributed by atoms with Crippen LogP contribution in [0.1, 0.15) is 12.7 Å². The monoisotopic (exact) mass is 392 g/mol. The first-order valence-electron chi connectivity index (χ1n) is 8.85. The lowest BCUT2D eigenvalue weighted by Gasteiger charge is -2.11. The standard InChI is InChI=1S/C22H17FN2O2S/c1-2-25-21(26)20(28-22(25)24-17-10-8-16(23)9-11-17)14-18-12-13-19(27-18)15-6-4-3-5-7-15/h3-14H,2H2,1H3/b20-14+,24-22?. The molecular weight excluding hydrogens is 375 g/mol. The van der Waals surface area contributed by atoms with Crippen LogP contribution in [0.3, 0.4) is 0 Å². The van der Waals surface area contributed by atoms with Crippen molar-refractivity contribution in [1.29, 1.82) is 0 Å². The van der Waals surface area contributed by atoms with Crippen molar-refractivity contribution in [2.24, 2.45) is 4.99 Å². The molecule has 1 saturated heterocycles. The molecule has 2 aromatic carbocycles. The number of hydrogen-bond donors (Lipinski definition) is 0. The van der Waals surface area contributed by atoms with Crippen LogP contribution in [0.2, 0.25) is 0 Å². The molecule has 1 aliphatic rings. The van der Waals surface area contributed by atoms with Crippen LogP contribution in [-0.2, 0) is 4.79 Å². The van der Waals surface area contributed by atoms with E-state index in [0.717, 1.165) is 11.3 Å². The molecule has 0 aliphatic carbocycles. The van der Waals surface area contributed by atoms with Crippen LogP contribution < -0.4 is 0 Å². The summed E-state index contributed by atoms with van der Waals surface area (Å²) < 4.78 is 19.0. The third-order valence-electron chi connectivity index (χ3n) is 4.21. The summed E-state index contributed by atoms with van der Waals surface area (Å²) in [5.41, 5.74) is 1.58. The quantitative estimate of drug-likeness (QED) is 0.534. The Kier molecular flexibility index (Phi) is 5.12. The number of rotatable bonds is 4. The second kappa shape index (κ2) is 7.86. The zero-order valence-corrected chi connectivity index (χ0v) is 15.9. The van der Waals surface area contributed by atoms with E-state index in [4.69, 9.17) is 4.42 Å². The summed E-state index contributed by atoms with van der Waals surface area (Å²) in [6, 6.07) is 19.4. The Morgan fingerprint density at radius 3 is 2.54 bits per heavy atom. The predicted octanol–water partition coefficient (Wildman–Crippen LogP) is 5.71. The summed E-state index contributed by atoms with van der Waals surface area (Å²) in [6.45, 7) is 2.39. The number of furan rings is 1. The summed E-state index contributed by atoms with van der Waals surface area (Å²) >= 11 is 1.28. The van der Waals surface area contributed by atoms with Crippen molar-refractivity contribution >= 4 is 34.6 Å². The van der Waals surface area contributed by atoms with Crippen molar-refractivity contribution in [3.8, 4) is 11.3 Å². The van der Waals surface area contributed by atoms with Gasteiger partial charge in [0.05, 0.1) is 10.6 Å². The highest BCUT2D eigenvalue weighted by Gasteiger charge is 2.32. The van der Waals surface area contributed by atoms with Crippen molar-refractivity contribution in [1.82, 2.24) is 4.90 Å². The molecule has 6 heteroatoms. The van der Waals surface area contributed by atoms with Gasteiger partial charge in [0.25, 0.3) is 5.91 Å². The molecule has 2 heterocycles. The largest absolute Gasteiger partial charge is 0.457 e.